The number of likely N-dealkylation sites (tertiary alicyclic amines) is 1. The summed E-state index contributed by atoms with van der Waals surface area (Å²) in [6, 6.07) is 0.00972. The van der Waals surface area contributed by atoms with Gasteiger partial charge in [-0.1, -0.05) is 6.92 Å². The maximum atomic E-state index is 12.1. The lowest BCUT2D eigenvalue weighted by Gasteiger charge is -2.48. The summed E-state index contributed by atoms with van der Waals surface area (Å²) in [7, 11) is 1.82. The molecule has 1 N–H and O–H groups in total. The van der Waals surface area contributed by atoms with Crippen molar-refractivity contribution in [1.82, 2.24) is 9.80 Å². The Morgan fingerprint density at radius 1 is 1.47 bits per heavy atom. The zero-order chi connectivity index (χ0) is 14.2. The first kappa shape index (κ1) is 14.1. The van der Waals surface area contributed by atoms with Gasteiger partial charge in [-0.2, -0.15) is 0 Å². The van der Waals surface area contributed by atoms with Crippen LogP contribution in [0.25, 0.3) is 0 Å². The van der Waals surface area contributed by atoms with Gasteiger partial charge in [-0.25, -0.2) is 9.59 Å². The SMILES string of the molecule is CC1CC1CN(C)C(=O)N1CC(C)(OCC(=O)O)C1. The van der Waals surface area contributed by atoms with Gasteiger partial charge in [-0.05, 0) is 25.2 Å². The van der Waals surface area contributed by atoms with Crippen LogP contribution >= 0.6 is 0 Å². The van der Waals surface area contributed by atoms with Gasteiger partial charge in [-0.3, -0.25) is 0 Å². The molecule has 1 saturated carbocycles. The largest absolute Gasteiger partial charge is 0.480 e. The standard InChI is InChI=1S/C13H22N2O4/c1-9-4-10(9)5-14(3)12(18)15-7-13(2,8-15)19-6-11(16)17/h9-10H,4-8H2,1-3H3,(H,16,17). The summed E-state index contributed by atoms with van der Waals surface area (Å²) >= 11 is 0. The van der Waals surface area contributed by atoms with Crippen molar-refractivity contribution in [3.8, 4) is 0 Å². The third-order valence-corrected chi connectivity index (χ3v) is 3.98. The molecule has 2 rings (SSSR count). The number of carboxylic acid groups (broad SMARTS) is 1. The van der Waals surface area contributed by atoms with Gasteiger partial charge in [0.25, 0.3) is 0 Å². The van der Waals surface area contributed by atoms with Gasteiger partial charge in [0.2, 0.25) is 0 Å². The lowest BCUT2D eigenvalue weighted by molar-refractivity contribution is -0.160. The molecule has 1 heterocycles. The monoisotopic (exact) mass is 270 g/mol. The van der Waals surface area contributed by atoms with Crippen molar-refractivity contribution in [2.45, 2.75) is 25.9 Å². The molecule has 0 aromatic heterocycles. The molecule has 2 fully saturated rings. The molecule has 2 atom stereocenters. The smallest absolute Gasteiger partial charge is 0.329 e. The molecule has 0 aromatic rings. The number of hydrogen-bond acceptors (Lipinski definition) is 3. The number of carbonyl (C=O) groups is 2. The second kappa shape index (κ2) is 5.00. The van der Waals surface area contributed by atoms with E-state index in [0.29, 0.717) is 19.0 Å². The van der Waals surface area contributed by atoms with Gasteiger partial charge < -0.3 is 19.6 Å². The lowest BCUT2D eigenvalue weighted by Crippen LogP contribution is -2.65. The Balaban J connectivity index is 1.72. The van der Waals surface area contributed by atoms with Crippen molar-refractivity contribution in [2.75, 3.05) is 33.3 Å². The summed E-state index contributed by atoms with van der Waals surface area (Å²) in [5, 5.41) is 8.58. The number of rotatable bonds is 5. The van der Waals surface area contributed by atoms with Crippen molar-refractivity contribution < 1.29 is 19.4 Å². The minimum Gasteiger partial charge on any atom is -0.480 e. The Hall–Kier alpha value is -1.30. The van der Waals surface area contributed by atoms with E-state index in [4.69, 9.17) is 9.84 Å². The number of carboxylic acids is 1. The third-order valence-electron chi connectivity index (χ3n) is 3.98. The molecule has 2 amide bonds. The maximum Gasteiger partial charge on any atom is 0.329 e. The molecule has 6 heteroatoms. The van der Waals surface area contributed by atoms with Crippen LogP contribution in [0.1, 0.15) is 20.3 Å². The first-order valence-corrected chi connectivity index (χ1v) is 6.66. The molecule has 1 aliphatic heterocycles. The number of carbonyl (C=O) groups excluding carboxylic acids is 1. The second-order valence-corrected chi connectivity index (χ2v) is 6.12. The molecule has 1 aliphatic carbocycles. The topological polar surface area (TPSA) is 70.1 Å². The van der Waals surface area contributed by atoms with Crippen molar-refractivity contribution >= 4 is 12.0 Å². The maximum absolute atomic E-state index is 12.1. The van der Waals surface area contributed by atoms with Crippen LogP contribution in [0.15, 0.2) is 0 Å². The van der Waals surface area contributed by atoms with Gasteiger partial charge in [-0.15, -0.1) is 0 Å². The second-order valence-electron chi connectivity index (χ2n) is 6.12. The Kier molecular flexibility index (Phi) is 3.71. The molecule has 108 valence electrons. The Bertz CT molecular complexity index is 379. The molecule has 0 radical (unpaired) electrons. The number of aliphatic carboxylic acids is 1. The van der Waals surface area contributed by atoms with Gasteiger partial charge in [0.05, 0.1) is 13.1 Å². The van der Waals surface area contributed by atoms with E-state index in [9.17, 15) is 9.59 Å². The van der Waals surface area contributed by atoms with Crippen LogP contribution < -0.4 is 0 Å². The molecular formula is C13H22N2O4. The van der Waals surface area contributed by atoms with Crippen LogP contribution in [0.4, 0.5) is 4.79 Å². The Labute approximate surface area is 113 Å². The molecule has 0 spiro atoms. The van der Waals surface area contributed by atoms with Crippen LogP contribution in [0.3, 0.4) is 0 Å². The fourth-order valence-corrected chi connectivity index (χ4v) is 2.55. The van der Waals surface area contributed by atoms with E-state index in [1.165, 1.54) is 6.42 Å². The minimum atomic E-state index is -0.981. The number of nitrogens with zero attached hydrogens (tertiary/aromatic N) is 2. The normalized spacial score (nSPS) is 27.6. The molecule has 0 bridgehead atoms. The average Bonchev–Trinajstić information content (AvgIpc) is 2.97. The van der Waals surface area contributed by atoms with E-state index < -0.39 is 11.6 Å². The van der Waals surface area contributed by atoms with Crippen molar-refractivity contribution in [1.29, 1.82) is 0 Å². The minimum absolute atomic E-state index is 0.00972. The summed E-state index contributed by atoms with van der Waals surface area (Å²) < 4.78 is 5.29. The summed E-state index contributed by atoms with van der Waals surface area (Å²) in [4.78, 5) is 26.0. The van der Waals surface area contributed by atoms with E-state index in [2.05, 4.69) is 6.92 Å². The van der Waals surface area contributed by atoms with Crippen LogP contribution in [0.2, 0.25) is 0 Å². The van der Waals surface area contributed by atoms with Gasteiger partial charge in [0.15, 0.2) is 0 Å². The van der Waals surface area contributed by atoms with E-state index in [0.717, 1.165) is 12.5 Å². The molecule has 2 unspecified atom stereocenters. The highest BCUT2D eigenvalue weighted by Crippen LogP contribution is 2.38. The third kappa shape index (κ3) is 3.37. The highest BCUT2D eigenvalue weighted by Gasteiger charge is 2.44. The molecule has 1 saturated heterocycles. The van der Waals surface area contributed by atoms with E-state index in [1.807, 2.05) is 14.0 Å². The summed E-state index contributed by atoms with van der Waals surface area (Å²) in [6.45, 7) is 5.45. The lowest BCUT2D eigenvalue weighted by atomic mass is 9.97. The number of urea groups is 1. The predicted molar refractivity (Wildman–Crippen MR) is 68.9 cm³/mol. The molecule has 2 aliphatic rings. The average molecular weight is 270 g/mol. The molecular weight excluding hydrogens is 248 g/mol. The molecule has 19 heavy (non-hydrogen) atoms. The first-order chi connectivity index (χ1) is 8.81. The van der Waals surface area contributed by atoms with Crippen LogP contribution in [0.5, 0.6) is 0 Å². The summed E-state index contributed by atoms with van der Waals surface area (Å²) in [5.74, 6) is 0.395. The number of ether oxygens (including phenoxy) is 1. The van der Waals surface area contributed by atoms with E-state index in [-0.39, 0.29) is 12.6 Å². The number of amides is 2. The van der Waals surface area contributed by atoms with Gasteiger partial charge >= 0.3 is 12.0 Å². The fraction of sp³-hybridized carbons (Fsp3) is 0.846. The van der Waals surface area contributed by atoms with Crippen LogP contribution in [-0.4, -0.2) is 65.8 Å². The fourth-order valence-electron chi connectivity index (χ4n) is 2.55. The highest BCUT2D eigenvalue weighted by atomic mass is 16.5. The Morgan fingerprint density at radius 2 is 2.05 bits per heavy atom. The zero-order valence-electron chi connectivity index (χ0n) is 11.8. The van der Waals surface area contributed by atoms with Crippen molar-refractivity contribution in [3.05, 3.63) is 0 Å². The highest BCUT2D eigenvalue weighted by molar-refractivity contribution is 5.75. The summed E-state index contributed by atoms with van der Waals surface area (Å²) in [6.07, 6.45) is 1.21. The summed E-state index contributed by atoms with van der Waals surface area (Å²) in [5.41, 5.74) is -0.512. The van der Waals surface area contributed by atoms with Gasteiger partial charge in [0, 0.05) is 13.6 Å². The van der Waals surface area contributed by atoms with E-state index in [1.54, 1.807) is 9.80 Å². The Morgan fingerprint density at radius 3 is 2.53 bits per heavy atom. The number of hydrogen-bond donors (Lipinski definition) is 1. The predicted octanol–water partition coefficient (Wildman–Crippen LogP) is 0.870. The quantitative estimate of drug-likeness (QED) is 0.804. The molecule has 0 aromatic carbocycles. The van der Waals surface area contributed by atoms with Crippen LogP contribution in [0, 0.1) is 11.8 Å². The van der Waals surface area contributed by atoms with Crippen LogP contribution in [-0.2, 0) is 9.53 Å². The van der Waals surface area contributed by atoms with Crippen molar-refractivity contribution in [3.63, 3.8) is 0 Å². The van der Waals surface area contributed by atoms with Gasteiger partial charge in [0.1, 0.15) is 12.2 Å². The molecule has 6 nitrogen and oxygen atoms in total. The van der Waals surface area contributed by atoms with Crippen molar-refractivity contribution in [2.24, 2.45) is 11.8 Å². The zero-order valence-corrected chi connectivity index (χ0v) is 11.8. The van der Waals surface area contributed by atoms with E-state index >= 15 is 0 Å². The first-order valence-electron chi connectivity index (χ1n) is 6.66.